The van der Waals surface area contributed by atoms with Crippen molar-refractivity contribution in [1.82, 2.24) is 15.6 Å². The summed E-state index contributed by atoms with van der Waals surface area (Å²) in [5.41, 5.74) is 6.65. The first-order valence-electron chi connectivity index (χ1n) is 11.5. The van der Waals surface area contributed by atoms with Crippen LogP contribution in [0.15, 0.2) is 94.9 Å². The van der Waals surface area contributed by atoms with Gasteiger partial charge in [0.05, 0.1) is 12.2 Å². The second kappa shape index (κ2) is 12.0. The van der Waals surface area contributed by atoms with Crippen LogP contribution >= 0.6 is 0 Å². The number of hydrogen-bond acceptors (Lipinski definition) is 7. The van der Waals surface area contributed by atoms with Gasteiger partial charge in [-0.2, -0.15) is 4.98 Å². The van der Waals surface area contributed by atoms with Gasteiger partial charge in [-0.1, -0.05) is 59.3 Å². The summed E-state index contributed by atoms with van der Waals surface area (Å²) in [6.45, 7) is 3.77. The van der Waals surface area contributed by atoms with Crippen LogP contribution in [0.25, 0.3) is 0 Å². The van der Waals surface area contributed by atoms with Crippen LogP contribution in [0.4, 0.5) is 4.39 Å². The molecule has 0 radical (unpaired) electrons. The quantitative estimate of drug-likeness (QED) is 0.210. The Morgan fingerprint density at radius 1 is 1.08 bits per heavy atom. The number of hydroxylamine groups is 1. The molecular formula is C28H26FN3O5. The molecule has 4 aromatic rings. The van der Waals surface area contributed by atoms with Gasteiger partial charge in [0.15, 0.2) is 6.33 Å². The van der Waals surface area contributed by atoms with Gasteiger partial charge in [-0.25, -0.2) is 9.18 Å². The zero-order chi connectivity index (χ0) is 26.2. The van der Waals surface area contributed by atoms with Crippen molar-refractivity contribution in [3.05, 3.63) is 124 Å². The molecule has 0 bridgehead atoms. The van der Waals surface area contributed by atoms with E-state index in [0.717, 1.165) is 22.3 Å². The smallest absolute Gasteiger partial charge is 0.333 e. The number of ether oxygens (including phenoxy) is 1. The summed E-state index contributed by atoms with van der Waals surface area (Å²) in [6, 6.07) is 20.8. The fourth-order valence-corrected chi connectivity index (χ4v) is 3.66. The summed E-state index contributed by atoms with van der Waals surface area (Å²) in [5, 5.41) is 13.4. The van der Waals surface area contributed by atoms with E-state index in [1.54, 1.807) is 43.3 Å². The minimum atomic E-state index is -1.06. The predicted molar refractivity (Wildman–Crippen MR) is 133 cm³/mol. The first-order chi connectivity index (χ1) is 17.9. The van der Waals surface area contributed by atoms with Crippen LogP contribution in [-0.2, 0) is 22.7 Å². The van der Waals surface area contributed by atoms with E-state index in [9.17, 15) is 14.3 Å². The van der Waals surface area contributed by atoms with E-state index in [-0.39, 0.29) is 24.4 Å². The number of carboxylic acids is 1. The first kappa shape index (κ1) is 25.6. The monoisotopic (exact) mass is 503 g/mol. The Hall–Kier alpha value is -4.50. The molecule has 1 heterocycles. The number of benzene rings is 3. The highest BCUT2D eigenvalue weighted by Crippen LogP contribution is 2.28. The maximum absolute atomic E-state index is 13.0. The van der Waals surface area contributed by atoms with Crippen molar-refractivity contribution in [3.63, 3.8) is 0 Å². The molecule has 0 aliphatic heterocycles. The largest absolute Gasteiger partial charge is 0.478 e. The van der Waals surface area contributed by atoms with Crippen LogP contribution in [-0.4, -0.2) is 21.2 Å². The minimum absolute atomic E-state index is 0.149. The highest BCUT2D eigenvalue weighted by atomic mass is 19.1. The average molecular weight is 504 g/mol. The number of carboxylic acid groups (broad SMARTS) is 1. The lowest BCUT2D eigenvalue weighted by molar-refractivity contribution is -0.133. The second-order valence-electron chi connectivity index (χ2n) is 8.44. The van der Waals surface area contributed by atoms with E-state index in [1.807, 2.05) is 31.2 Å². The lowest BCUT2D eigenvalue weighted by Gasteiger charge is -2.17. The molecule has 190 valence electrons. The number of allylic oxidation sites excluding steroid dienone is 1. The molecule has 3 aromatic carbocycles. The van der Waals surface area contributed by atoms with Crippen LogP contribution in [0.3, 0.4) is 0 Å². The first-order valence-corrected chi connectivity index (χ1v) is 11.5. The number of nitrogens with one attached hydrogen (secondary N) is 1. The molecule has 8 nitrogen and oxygen atoms in total. The lowest BCUT2D eigenvalue weighted by Crippen LogP contribution is -2.18. The summed E-state index contributed by atoms with van der Waals surface area (Å²) in [7, 11) is 0. The Kier molecular flexibility index (Phi) is 8.27. The van der Waals surface area contributed by atoms with Gasteiger partial charge in [0, 0.05) is 17.7 Å². The second-order valence-corrected chi connectivity index (χ2v) is 8.44. The molecule has 4 rings (SSSR count). The third kappa shape index (κ3) is 7.02. The average Bonchev–Trinajstić information content (AvgIpc) is 3.42. The Bertz CT molecular complexity index is 1350. The molecule has 37 heavy (non-hydrogen) atoms. The van der Waals surface area contributed by atoms with Gasteiger partial charge in [-0.3, -0.25) is 10.3 Å². The van der Waals surface area contributed by atoms with E-state index in [1.165, 1.54) is 18.5 Å². The van der Waals surface area contributed by atoms with E-state index >= 15 is 0 Å². The Balaban J connectivity index is 1.43. The van der Waals surface area contributed by atoms with E-state index < -0.39 is 12.1 Å². The Morgan fingerprint density at radius 2 is 1.81 bits per heavy atom. The fraction of sp³-hybridized carbons (Fsp3) is 0.179. The Labute approximate surface area is 213 Å². The third-order valence-corrected chi connectivity index (χ3v) is 5.59. The van der Waals surface area contributed by atoms with Gasteiger partial charge in [-0.05, 0) is 49.2 Å². The lowest BCUT2D eigenvalue weighted by atomic mass is 10.0. The van der Waals surface area contributed by atoms with Gasteiger partial charge in [0.1, 0.15) is 11.6 Å². The van der Waals surface area contributed by atoms with Crippen molar-refractivity contribution in [2.24, 2.45) is 0 Å². The molecule has 0 saturated heterocycles. The minimum Gasteiger partial charge on any atom is -0.478 e. The maximum Gasteiger partial charge on any atom is 0.333 e. The van der Waals surface area contributed by atoms with Gasteiger partial charge >= 0.3 is 5.97 Å². The summed E-state index contributed by atoms with van der Waals surface area (Å²) >= 11 is 0. The normalized spacial score (nSPS) is 12.5. The molecule has 0 amide bonds. The van der Waals surface area contributed by atoms with E-state index in [4.69, 9.17) is 14.1 Å². The van der Waals surface area contributed by atoms with Crippen LogP contribution in [0.2, 0.25) is 0 Å². The van der Waals surface area contributed by atoms with Gasteiger partial charge in [0.2, 0.25) is 6.10 Å². The number of halogens is 1. The third-order valence-electron chi connectivity index (χ3n) is 5.59. The number of aliphatic carboxylic acids is 1. The van der Waals surface area contributed by atoms with Crippen LogP contribution in [0, 0.1) is 12.7 Å². The molecule has 0 aliphatic rings. The molecule has 0 aliphatic carbocycles. The van der Waals surface area contributed by atoms with E-state index in [0.29, 0.717) is 17.3 Å². The van der Waals surface area contributed by atoms with E-state index in [2.05, 4.69) is 15.6 Å². The van der Waals surface area contributed by atoms with Crippen molar-refractivity contribution >= 4 is 5.97 Å². The number of carbonyl (C=O) groups is 1. The molecule has 9 heteroatoms. The van der Waals surface area contributed by atoms with Crippen molar-refractivity contribution in [2.75, 3.05) is 0 Å². The predicted octanol–water partition coefficient (Wildman–Crippen LogP) is 5.31. The van der Waals surface area contributed by atoms with Crippen molar-refractivity contribution in [3.8, 4) is 5.75 Å². The zero-order valence-corrected chi connectivity index (χ0v) is 20.3. The number of aromatic nitrogens is 2. The molecular weight excluding hydrogens is 477 g/mol. The standard InChI is InChI=1S/C28H26FN3O5/c1-18-4-3-5-22(14-18)26(27-30-17-31-37-27)36-24-12-8-20(9-13-24)15-25(28(33)34)19(2)32-35-16-21-6-10-23(29)11-7-21/h3-14,17,26,32H,15-16H2,1-2H3,(H,33,34). The highest BCUT2D eigenvalue weighted by Gasteiger charge is 2.22. The SMILES string of the molecule is CC(NOCc1ccc(F)cc1)=C(Cc1ccc(OC(c2cccc(C)c2)c2ncno2)cc1)C(=O)O. The summed E-state index contributed by atoms with van der Waals surface area (Å²) in [5.74, 6) is -0.510. The maximum atomic E-state index is 13.0. The van der Waals surface area contributed by atoms with Gasteiger partial charge < -0.3 is 14.4 Å². The topological polar surface area (TPSA) is 107 Å². The fourth-order valence-electron chi connectivity index (χ4n) is 3.66. The van der Waals surface area contributed by atoms with Gasteiger partial charge in [-0.15, -0.1) is 0 Å². The zero-order valence-electron chi connectivity index (χ0n) is 20.3. The number of hydrogen-bond donors (Lipinski definition) is 2. The van der Waals surface area contributed by atoms with Gasteiger partial charge in [0.25, 0.3) is 5.89 Å². The number of aryl methyl sites for hydroxylation is 1. The van der Waals surface area contributed by atoms with Crippen LogP contribution in [0.1, 0.15) is 41.2 Å². The summed E-state index contributed by atoms with van der Waals surface area (Å²) in [4.78, 5) is 21.5. The number of rotatable bonds is 11. The number of nitrogens with zero attached hydrogens (tertiary/aromatic N) is 2. The van der Waals surface area contributed by atoms with Crippen LogP contribution < -0.4 is 10.2 Å². The van der Waals surface area contributed by atoms with Crippen molar-refractivity contribution < 1.29 is 28.4 Å². The molecule has 1 unspecified atom stereocenters. The Morgan fingerprint density at radius 3 is 2.46 bits per heavy atom. The van der Waals surface area contributed by atoms with Crippen LogP contribution in [0.5, 0.6) is 5.75 Å². The molecule has 2 N–H and O–H groups in total. The molecule has 0 saturated carbocycles. The van der Waals surface area contributed by atoms with Crippen molar-refractivity contribution in [1.29, 1.82) is 0 Å². The summed E-state index contributed by atoms with van der Waals surface area (Å²) in [6.07, 6.45) is 0.899. The molecule has 0 spiro atoms. The molecule has 0 fully saturated rings. The highest BCUT2D eigenvalue weighted by molar-refractivity contribution is 5.87. The summed E-state index contributed by atoms with van der Waals surface area (Å²) < 4.78 is 24.5. The molecule has 1 atom stereocenters. The van der Waals surface area contributed by atoms with Crippen molar-refractivity contribution in [2.45, 2.75) is 33.0 Å². The molecule has 1 aromatic heterocycles.